The number of nitrogens with zero attached hydrogens (tertiary/aromatic N) is 1. The van der Waals surface area contributed by atoms with Crippen LogP contribution in [0.3, 0.4) is 0 Å². The lowest BCUT2D eigenvalue weighted by Gasteiger charge is -2.10. The monoisotopic (exact) mass is 317 g/mol. The van der Waals surface area contributed by atoms with Crippen LogP contribution in [0.5, 0.6) is 0 Å². The summed E-state index contributed by atoms with van der Waals surface area (Å²) in [6.45, 7) is 0.755. The Labute approximate surface area is 123 Å². The predicted octanol–water partition coefficient (Wildman–Crippen LogP) is -1.20. The number of hydrogen-bond donors (Lipinski definition) is 4. The van der Waals surface area contributed by atoms with Gasteiger partial charge in [0.05, 0.1) is 6.61 Å². The number of rotatable bonds is 9. The van der Waals surface area contributed by atoms with Gasteiger partial charge in [0.25, 0.3) is 0 Å². The summed E-state index contributed by atoms with van der Waals surface area (Å²) < 4.78 is 31.2. The minimum Gasteiger partial charge on any atom is -0.383 e. The quantitative estimate of drug-likeness (QED) is 0.255. The highest BCUT2D eigenvalue weighted by molar-refractivity contribution is 7.89. The summed E-state index contributed by atoms with van der Waals surface area (Å²) in [7, 11) is -2.26. The summed E-state index contributed by atoms with van der Waals surface area (Å²) in [5.41, 5.74) is 2.21. The molecule has 5 N–H and O–H groups in total. The summed E-state index contributed by atoms with van der Waals surface area (Å²) in [4.78, 5) is 15.1. The molecule has 10 heteroatoms. The molecule has 0 unspecified atom stereocenters. The summed E-state index contributed by atoms with van der Waals surface area (Å²) in [5.74, 6) is 4.98. The summed E-state index contributed by atoms with van der Waals surface area (Å²) >= 11 is 0. The van der Waals surface area contributed by atoms with E-state index >= 15 is 0 Å². The number of nitrogens with two attached hydrogens (primary N) is 1. The van der Waals surface area contributed by atoms with Crippen molar-refractivity contribution in [3.63, 3.8) is 0 Å². The molecule has 9 nitrogen and oxygen atoms in total. The number of pyridine rings is 1. The zero-order chi connectivity index (χ0) is 15.7. The second-order valence-electron chi connectivity index (χ2n) is 3.99. The highest BCUT2D eigenvalue weighted by Gasteiger charge is 2.18. The van der Waals surface area contributed by atoms with E-state index in [2.05, 4.69) is 20.4 Å². The Hall–Kier alpha value is -1.75. The van der Waals surface area contributed by atoms with E-state index in [1.807, 2.05) is 0 Å². The number of ether oxygens (including phenoxy) is 1. The van der Waals surface area contributed by atoms with Gasteiger partial charge in [-0.05, 0) is 12.1 Å². The molecule has 0 aliphatic heterocycles. The van der Waals surface area contributed by atoms with Crippen molar-refractivity contribution in [1.82, 2.24) is 15.0 Å². The second kappa shape index (κ2) is 8.52. The van der Waals surface area contributed by atoms with Gasteiger partial charge in [-0.1, -0.05) is 0 Å². The van der Waals surface area contributed by atoms with E-state index in [0.29, 0.717) is 13.2 Å². The fourth-order valence-corrected chi connectivity index (χ4v) is 2.62. The van der Waals surface area contributed by atoms with Gasteiger partial charge >= 0.3 is 0 Å². The van der Waals surface area contributed by atoms with E-state index in [1.54, 1.807) is 0 Å². The zero-order valence-electron chi connectivity index (χ0n) is 11.6. The van der Waals surface area contributed by atoms with Crippen LogP contribution in [0.4, 0.5) is 5.82 Å². The van der Waals surface area contributed by atoms with Crippen molar-refractivity contribution in [2.24, 2.45) is 5.84 Å². The first kappa shape index (κ1) is 17.3. The summed E-state index contributed by atoms with van der Waals surface area (Å²) in [5, 5.41) is 2.59. The van der Waals surface area contributed by atoms with Crippen LogP contribution in [0, 0.1) is 0 Å². The van der Waals surface area contributed by atoms with Gasteiger partial charge in [0.15, 0.2) is 5.82 Å². The molecule has 0 spiro atoms. The van der Waals surface area contributed by atoms with Gasteiger partial charge < -0.3 is 15.5 Å². The summed E-state index contributed by atoms with van der Waals surface area (Å²) in [6.07, 6.45) is 1.44. The Balaban J connectivity index is 2.52. The fourth-order valence-electron chi connectivity index (χ4n) is 1.47. The van der Waals surface area contributed by atoms with Gasteiger partial charge in [-0.3, -0.25) is 4.79 Å². The SMILES string of the molecule is COCCNC(=O)CCNS(=O)(=O)c1cccnc1NN. The predicted molar refractivity (Wildman–Crippen MR) is 76.7 cm³/mol. The fraction of sp³-hybridized carbons (Fsp3) is 0.455. The molecular formula is C11H19N5O4S. The molecule has 1 rings (SSSR count). The van der Waals surface area contributed by atoms with Crippen LogP contribution in [0.25, 0.3) is 0 Å². The van der Waals surface area contributed by atoms with Crippen molar-refractivity contribution in [2.45, 2.75) is 11.3 Å². The Bertz CT molecular complexity index is 563. The number of carbonyl (C=O) groups is 1. The standard InChI is InChI=1S/C11H19N5O4S/c1-20-8-7-13-10(17)4-6-15-21(18,19)9-3-2-5-14-11(9)16-12/h2-3,5,15H,4,6-8,12H2,1H3,(H,13,17)(H,14,16). The van der Waals surface area contributed by atoms with Crippen molar-refractivity contribution >= 4 is 21.7 Å². The van der Waals surface area contributed by atoms with Crippen LogP contribution in [-0.2, 0) is 19.6 Å². The molecule has 0 aliphatic carbocycles. The van der Waals surface area contributed by atoms with Gasteiger partial charge in [0.1, 0.15) is 4.90 Å². The van der Waals surface area contributed by atoms with E-state index in [-0.39, 0.29) is 29.6 Å². The van der Waals surface area contributed by atoms with E-state index in [0.717, 1.165) is 0 Å². The third-order valence-corrected chi connectivity index (χ3v) is 3.96. The lowest BCUT2D eigenvalue weighted by molar-refractivity contribution is -0.121. The third-order valence-electron chi connectivity index (χ3n) is 2.47. The molecule has 118 valence electrons. The minimum atomic E-state index is -3.78. The number of hydrogen-bond acceptors (Lipinski definition) is 7. The first-order valence-corrected chi connectivity index (χ1v) is 7.66. The van der Waals surface area contributed by atoms with Gasteiger partial charge in [-0.2, -0.15) is 0 Å². The maximum atomic E-state index is 12.1. The van der Waals surface area contributed by atoms with Crippen molar-refractivity contribution < 1.29 is 17.9 Å². The maximum absolute atomic E-state index is 12.1. The highest BCUT2D eigenvalue weighted by Crippen LogP contribution is 2.16. The molecule has 0 radical (unpaired) electrons. The van der Waals surface area contributed by atoms with E-state index in [4.69, 9.17) is 10.6 Å². The number of nitrogens with one attached hydrogen (secondary N) is 3. The van der Waals surface area contributed by atoms with Crippen LogP contribution >= 0.6 is 0 Å². The third kappa shape index (κ3) is 5.63. The number of hydrazine groups is 1. The number of nitrogen functional groups attached to an aromatic ring is 1. The summed E-state index contributed by atoms with van der Waals surface area (Å²) in [6, 6.07) is 2.84. The first-order valence-electron chi connectivity index (χ1n) is 6.18. The molecule has 0 aromatic carbocycles. The van der Waals surface area contributed by atoms with Gasteiger partial charge in [-0.25, -0.2) is 24.0 Å². The molecule has 21 heavy (non-hydrogen) atoms. The van der Waals surface area contributed by atoms with Crippen molar-refractivity contribution in [2.75, 3.05) is 32.2 Å². The van der Waals surface area contributed by atoms with Crippen molar-refractivity contribution in [3.8, 4) is 0 Å². The maximum Gasteiger partial charge on any atom is 0.244 e. The van der Waals surface area contributed by atoms with Crippen LogP contribution < -0.4 is 21.3 Å². The molecule has 0 saturated heterocycles. The Kier molecular flexibility index (Phi) is 7.02. The number of anilines is 1. The molecule has 0 bridgehead atoms. The van der Waals surface area contributed by atoms with E-state index < -0.39 is 10.0 Å². The smallest absolute Gasteiger partial charge is 0.244 e. The van der Waals surface area contributed by atoms with Crippen LogP contribution in [0.1, 0.15) is 6.42 Å². The van der Waals surface area contributed by atoms with Crippen LogP contribution in [-0.4, -0.2) is 46.1 Å². The minimum absolute atomic E-state index is 0.0224. The average molecular weight is 317 g/mol. The number of aromatic nitrogens is 1. The van der Waals surface area contributed by atoms with Gasteiger partial charge in [-0.15, -0.1) is 0 Å². The Morgan fingerprint density at radius 3 is 2.86 bits per heavy atom. The van der Waals surface area contributed by atoms with E-state index in [9.17, 15) is 13.2 Å². The van der Waals surface area contributed by atoms with Gasteiger partial charge in [0.2, 0.25) is 15.9 Å². The topological polar surface area (TPSA) is 135 Å². The lowest BCUT2D eigenvalue weighted by Crippen LogP contribution is -2.32. The molecule has 1 heterocycles. The highest BCUT2D eigenvalue weighted by atomic mass is 32.2. The molecule has 1 aromatic rings. The lowest BCUT2D eigenvalue weighted by atomic mass is 10.4. The van der Waals surface area contributed by atoms with Crippen molar-refractivity contribution in [1.29, 1.82) is 0 Å². The first-order chi connectivity index (χ1) is 10.0. The number of sulfonamides is 1. The Morgan fingerprint density at radius 2 is 2.19 bits per heavy atom. The molecule has 1 amide bonds. The normalized spacial score (nSPS) is 11.1. The van der Waals surface area contributed by atoms with Crippen LogP contribution in [0.15, 0.2) is 23.2 Å². The molecule has 0 fully saturated rings. The van der Waals surface area contributed by atoms with Crippen LogP contribution in [0.2, 0.25) is 0 Å². The zero-order valence-corrected chi connectivity index (χ0v) is 12.4. The molecule has 1 aromatic heterocycles. The Morgan fingerprint density at radius 1 is 1.43 bits per heavy atom. The molecule has 0 atom stereocenters. The van der Waals surface area contributed by atoms with E-state index in [1.165, 1.54) is 25.4 Å². The molecule has 0 saturated carbocycles. The second-order valence-corrected chi connectivity index (χ2v) is 5.72. The van der Waals surface area contributed by atoms with Gasteiger partial charge in [0, 0.05) is 32.8 Å². The molecule has 0 aliphatic rings. The number of carbonyl (C=O) groups excluding carboxylic acids is 1. The number of methoxy groups -OCH3 is 1. The van der Waals surface area contributed by atoms with Crippen molar-refractivity contribution in [3.05, 3.63) is 18.3 Å². The number of amides is 1. The average Bonchev–Trinajstić information content (AvgIpc) is 2.47. The largest absolute Gasteiger partial charge is 0.383 e. The molecular weight excluding hydrogens is 298 g/mol.